The van der Waals surface area contributed by atoms with Crippen LogP contribution < -0.4 is 0 Å². The van der Waals surface area contributed by atoms with Crippen molar-refractivity contribution < 1.29 is 18.3 Å². The number of carbonyl (C=O) groups is 1. The van der Waals surface area contributed by atoms with Crippen molar-refractivity contribution in [1.29, 1.82) is 0 Å². The Kier molecular flexibility index (Phi) is 4.92. The quantitative estimate of drug-likeness (QED) is 0.693. The molecule has 0 radical (unpaired) electrons. The van der Waals surface area contributed by atoms with Crippen LogP contribution in [0.4, 0.5) is 8.78 Å². The summed E-state index contributed by atoms with van der Waals surface area (Å²) in [5, 5.41) is 4.30. The monoisotopic (exact) mass is 383 g/mol. The average Bonchev–Trinajstić information content (AvgIpc) is 3.09. The Morgan fingerprint density at radius 1 is 1.11 bits per heavy atom. The minimum absolute atomic E-state index is 0.218. The van der Waals surface area contributed by atoms with E-state index in [-0.39, 0.29) is 29.7 Å². The van der Waals surface area contributed by atoms with Crippen molar-refractivity contribution in [3.8, 4) is 5.69 Å². The second-order valence-electron chi connectivity index (χ2n) is 6.67. The van der Waals surface area contributed by atoms with Crippen LogP contribution in [-0.4, -0.2) is 40.3 Å². The number of ether oxygens (including phenoxy) is 1. The van der Waals surface area contributed by atoms with Crippen LogP contribution in [0.25, 0.3) is 5.69 Å². The van der Waals surface area contributed by atoms with Crippen molar-refractivity contribution in [3.05, 3.63) is 83.2 Å². The van der Waals surface area contributed by atoms with Crippen molar-refractivity contribution in [3.63, 3.8) is 0 Å². The zero-order chi connectivity index (χ0) is 19.7. The summed E-state index contributed by atoms with van der Waals surface area (Å²) in [6.07, 6.45) is -0.534. The molecule has 0 spiro atoms. The van der Waals surface area contributed by atoms with E-state index in [1.165, 1.54) is 16.8 Å². The minimum Gasteiger partial charge on any atom is -0.370 e. The molecule has 0 saturated carbocycles. The predicted molar refractivity (Wildman–Crippen MR) is 99.3 cm³/mol. The van der Waals surface area contributed by atoms with E-state index in [4.69, 9.17) is 4.74 Å². The van der Waals surface area contributed by atoms with Crippen LogP contribution in [0, 0.1) is 18.6 Å². The van der Waals surface area contributed by atoms with E-state index in [2.05, 4.69) is 5.10 Å². The van der Waals surface area contributed by atoms with Gasteiger partial charge in [-0.15, -0.1) is 0 Å². The zero-order valence-corrected chi connectivity index (χ0v) is 15.3. The summed E-state index contributed by atoms with van der Waals surface area (Å²) in [5.41, 5.74) is 1.57. The van der Waals surface area contributed by atoms with E-state index in [0.29, 0.717) is 24.4 Å². The van der Waals surface area contributed by atoms with Gasteiger partial charge >= 0.3 is 0 Å². The van der Waals surface area contributed by atoms with Gasteiger partial charge in [-0.2, -0.15) is 5.10 Å². The van der Waals surface area contributed by atoms with E-state index in [1.54, 1.807) is 54.3 Å². The summed E-state index contributed by atoms with van der Waals surface area (Å²) < 4.78 is 35.2. The first-order valence-electron chi connectivity index (χ1n) is 9.01. The lowest BCUT2D eigenvalue weighted by atomic mass is 10.1. The molecule has 4 rings (SSSR count). The minimum atomic E-state index is -0.534. The first kappa shape index (κ1) is 18.3. The Hall–Kier alpha value is -3.06. The van der Waals surface area contributed by atoms with Crippen molar-refractivity contribution in [1.82, 2.24) is 14.7 Å². The maximum Gasteiger partial charge on any atom is 0.274 e. The molecule has 1 amide bonds. The van der Waals surface area contributed by atoms with Gasteiger partial charge in [0.1, 0.15) is 23.4 Å². The summed E-state index contributed by atoms with van der Waals surface area (Å²) >= 11 is 0. The first-order chi connectivity index (χ1) is 13.5. The lowest BCUT2D eigenvalue weighted by Gasteiger charge is -2.32. The molecular formula is C21H19F2N3O2. The number of aryl methyl sites for hydroxylation is 1. The van der Waals surface area contributed by atoms with Crippen LogP contribution in [0.3, 0.4) is 0 Å². The molecule has 1 saturated heterocycles. The largest absolute Gasteiger partial charge is 0.370 e. The number of aromatic nitrogens is 2. The molecule has 3 aromatic rings. The summed E-state index contributed by atoms with van der Waals surface area (Å²) in [6.45, 7) is 2.68. The second kappa shape index (κ2) is 7.52. The van der Waals surface area contributed by atoms with E-state index < -0.39 is 11.9 Å². The Morgan fingerprint density at radius 3 is 2.57 bits per heavy atom. The van der Waals surface area contributed by atoms with Crippen LogP contribution >= 0.6 is 0 Å². The molecule has 1 fully saturated rings. The van der Waals surface area contributed by atoms with E-state index in [0.717, 1.165) is 0 Å². The van der Waals surface area contributed by atoms with Crippen LogP contribution in [0.15, 0.2) is 54.6 Å². The summed E-state index contributed by atoms with van der Waals surface area (Å²) in [6, 6.07) is 14.3. The molecule has 1 aliphatic rings. The number of rotatable bonds is 3. The molecule has 1 aromatic heterocycles. The van der Waals surface area contributed by atoms with Gasteiger partial charge in [0.25, 0.3) is 5.91 Å². The Balaban J connectivity index is 1.57. The van der Waals surface area contributed by atoms with E-state index in [1.807, 2.05) is 0 Å². The molecule has 28 heavy (non-hydrogen) atoms. The normalized spacial score (nSPS) is 17.0. The number of morpholine rings is 1. The first-order valence-corrected chi connectivity index (χ1v) is 9.01. The van der Waals surface area contributed by atoms with Crippen LogP contribution in [0.1, 0.15) is 27.8 Å². The number of nitrogens with zero attached hydrogens (tertiary/aromatic N) is 3. The summed E-state index contributed by atoms with van der Waals surface area (Å²) in [5.74, 6) is -1.07. The number of hydrogen-bond acceptors (Lipinski definition) is 3. The van der Waals surface area contributed by atoms with Gasteiger partial charge in [0, 0.05) is 17.8 Å². The highest BCUT2D eigenvalue weighted by atomic mass is 19.1. The van der Waals surface area contributed by atoms with Gasteiger partial charge in [0.2, 0.25) is 0 Å². The van der Waals surface area contributed by atoms with Crippen LogP contribution in [0.5, 0.6) is 0 Å². The van der Waals surface area contributed by atoms with Crippen molar-refractivity contribution >= 4 is 5.91 Å². The highest BCUT2D eigenvalue weighted by molar-refractivity contribution is 5.92. The maximum atomic E-state index is 14.1. The van der Waals surface area contributed by atoms with Crippen molar-refractivity contribution in [2.24, 2.45) is 0 Å². The third kappa shape index (κ3) is 3.41. The molecule has 0 bridgehead atoms. The van der Waals surface area contributed by atoms with Gasteiger partial charge in [-0.1, -0.05) is 30.3 Å². The fourth-order valence-electron chi connectivity index (χ4n) is 3.37. The predicted octanol–water partition coefficient (Wildman–Crippen LogP) is 3.67. The highest BCUT2D eigenvalue weighted by Crippen LogP contribution is 2.25. The van der Waals surface area contributed by atoms with Gasteiger partial charge in [0.05, 0.1) is 13.2 Å². The van der Waals surface area contributed by atoms with Crippen LogP contribution in [0.2, 0.25) is 0 Å². The lowest BCUT2D eigenvalue weighted by molar-refractivity contribution is -0.0245. The number of halogens is 2. The van der Waals surface area contributed by atoms with Crippen molar-refractivity contribution in [2.45, 2.75) is 13.0 Å². The molecule has 0 aliphatic carbocycles. The standard InChI is InChI=1S/C21H19F2N3O2/c1-14-12-18(24-26(14)19-9-5-4-8-17(19)23)21(27)25-10-11-28-20(13-25)15-6-2-3-7-16(15)22/h2-9,12,20H,10-11,13H2,1H3. The van der Waals surface area contributed by atoms with Gasteiger partial charge in [-0.25, -0.2) is 13.5 Å². The SMILES string of the molecule is Cc1cc(C(=O)N2CCOC(c3ccccc3F)C2)nn1-c1ccccc1F. The second-order valence-corrected chi connectivity index (χ2v) is 6.67. The number of amides is 1. The van der Waals surface area contributed by atoms with E-state index in [9.17, 15) is 13.6 Å². The molecule has 7 heteroatoms. The third-order valence-corrected chi connectivity index (χ3v) is 4.79. The number of benzene rings is 2. The van der Waals surface area contributed by atoms with Gasteiger partial charge in [-0.05, 0) is 31.2 Å². The highest BCUT2D eigenvalue weighted by Gasteiger charge is 2.29. The number of para-hydroxylation sites is 1. The maximum absolute atomic E-state index is 14.1. The Bertz CT molecular complexity index is 1020. The third-order valence-electron chi connectivity index (χ3n) is 4.79. The molecule has 2 aromatic carbocycles. The van der Waals surface area contributed by atoms with Crippen LogP contribution in [-0.2, 0) is 4.74 Å². The Morgan fingerprint density at radius 2 is 1.82 bits per heavy atom. The number of carbonyl (C=O) groups excluding carboxylic acids is 1. The fourth-order valence-corrected chi connectivity index (χ4v) is 3.37. The molecule has 0 N–H and O–H groups in total. The molecular weight excluding hydrogens is 364 g/mol. The molecule has 1 unspecified atom stereocenters. The summed E-state index contributed by atoms with van der Waals surface area (Å²) in [4.78, 5) is 14.5. The summed E-state index contributed by atoms with van der Waals surface area (Å²) in [7, 11) is 0. The molecule has 1 atom stereocenters. The van der Waals surface area contributed by atoms with Gasteiger partial charge in [-0.3, -0.25) is 4.79 Å². The fraction of sp³-hybridized carbons (Fsp3) is 0.238. The molecule has 1 aliphatic heterocycles. The smallest absolute Gasteiger partial charge is 0.274 e. The molecule has 5 nitrogen and oxygen atoms in total. The number of hydrogen-bond donors (Lipinski definition) is 0. The Labute approximate surface area is 161 Å². The molecule has 144 valence electrons. The average molecular weight is 383 g/mol. The van der Waals surface area contributed by atoms with Gasteiger partial charge < -0.3 is 9.64 Å². The topological polar surface area (TPSA) is 47.4 Å². The van der Waals surface area contributed by atoms with Gasteiger partial charge in [0.15, 0.2) is 5.69 Å². The zero-order valence-electron chi connectivity index (χ0n) is 15.3. The molecule has 2 heterocycles. The van der Waals surface area contributed by atoms with Crippen molar-refractivity contribution in [2.75, 3.05) is 19.7 Å². The van der Waals surface area contributed by atoms with E-state index >= 15 is 0 Å². The lowest BCUT2D eigenvalue weighted by Crippen LogP contribution is -2.42.